The van der Waals surface area contributed by atoms with Gasteiger partial charge in [-0.1, -0.05) is 0 Å². The van der Waals surface area contributed by atoms with Gasteiger partial charge in [-0.05, 0) is 56.5 Å². The van der Waals surface area contributed by atoms with E-state index in [0.717, 1.165) is 32.2 Å². The van der Waals surface area contributed by atoms with Crippen LogP contribution in [0.1, 0.15) is 25.7 Å². The van der Waals surface area contributed by atoms with Crippen LogP contribution in [0.25, 0.3) is 0 Å². The lowest BCUT2D eigenvalue weighted by molar-refractivity contribution is -0.117. The van der Waals surface area contributed by atoms with E-state index in [1.165, 1.54) is 4.31 Å². The Hall–Kier alpha value is -1.60. The van der Waals surface area contributed by atoms with Gasteiger partial charge in [0.1, 0.15) is 0 Å². The lowest BCUT2D eigenvalue weighted by Crippen LogP contribution is -2.37. The van der Waals surface area contributed by atoms with E-state index >= 15 is 0 Å². The molecule has 22 heavy (non-hydrogen) atoms. The number of sulfonamides is 1. The van der Waals surface area contributed by atoms with Crippen molar-refractivity contribution in [1.29, 1.82) is 0 Å². The van der Waals surface area contributed by atoms with Crippen LogP contribution in [0.3, 0.4) is 0 Å². The topological polar surface area (TPSA) is 78.5 Å². The van der Waals surface area contributed by atoms with Gasteiger partial charge in [0.25, 0.3) is 0 Å². The van der Waals surface area contributed by atoms with Crippen molar-refractivity contribution in [2.45, 2.75) is 31.7 Å². The molecular weight excluding hydrogens is 302 g/mol. The van der Waals surface area contributed by atoms with Gasteiger partial charge in [0.05, 0.1) is 17.5 Å². The highest BCUT2D eigenvalue weighted by atomic mass is 32.2. The highest BCUT2D eigenvalue weighted by Gasteiger charge is 2.26. The minimum atomic E-state index is -3.19. The van der Waals surface area contributed by atoms with E-state index in [0.29, 0.717) is 17.9 Å². The van der Waals surface area contributed by atoms with Gasteiger partial charge in [-0.3, -0.25) is 9.10 Å². The molecular formula is C15H21N3O3S. The van der Waals surface area contributed by atoms with E-state index in [9.17, 15) is 13.2 Å². The first kappa shape index (κ1) is 15.3. The summed E-state index contributed by atoms with van der Waals surface area (Å²) in [5, 5.41) is 6.02. The van der Waals surface area contributed by atoms with Gasteiger partial charge >= 0.3 is 0 Å². The van der Waals surface area contributed by atoms with Crippen LogP contribution in [0.5, 0.6) is 0 Å². The fourth-order valence-electron chi connectivity index (χ4n) is 2.93. The molecule has 7 heteroatoms. The second-order valence-corrected chi connectivity index (χ2v) is 7.79. The fourth-order valence-corrected chi connectivity index (χ4v) is 4.57. The highest BCUT2D eigenvalue weighted by Crippen LogP contribution is 2.25. The average molecular weight is 323 g/mol. The SMILES string of the molecule is O=C(Nc1ccc(N2CCCCS2(=O)=O)cc1)[C@@H]1CCCN1. The van der Waals surface area contributed by atoms with E-state index in [2.05, 4.69) is 10.6 Å². The van der Waals surface area contributed by atoms with Crippen molar-refractivity contribution in [3.05, 3.63) is 24.3 Å². The Morgan fingerprint density at radius 3 is 2.59 bits per heavy atom. The first-order chi connectivity index (χ1) is 10.6. The zero-order valence-electron chi connectivity index (χ0n) is 12.4. The number of carbonyl (C=O) groups is 1. The van der Waals surface area contributed by atoms with E-state index in [4.69, 9.17) is 0 Å². The lowest BCUT2D eigenvalue weighted by atomic mass is 10.2. The van der Waals surface area contributed by atoms with Crippen molar-refractivity contribution in [3.8, 4) is 0 Å². The molecule has 1 aromatic rings. The van der Waals surface area contributed by atoms with E-state index in [1.807, 2.05) is 0 Å². The Morgan fingerprint density at radius 1 is 1.18 bits per heavy atom. The van der Waals surface area contributed by atoms with Gasteiger partial charge in [0, 0.05) is 12.2 Å². The summed E-state index contributed by atoms with van der Waals surface area (Å²) < 4.78 is 25.6. The van der Waals surface area contributed by atoms with Crippen molar-refractivity contribution in [1.82, 2.24) is 5.32 Å². The molecule has 0 unspecified atom stereocenters. The number of nitrogens with zero attached hydrogens (tertiary/aromatic N) is 1. The molecule has 2 N–H and O–H groups in total. The third kappa shape index (κ3) is 3.25. The summed E-state index contributed by atoms with van der Waals surface area (Å²) >= 11 is 0. The molecule has 0 aromatic heterocycles. The summed E-state index contributed by atoms with van der Waals surface area (Å²) in [6.07, 6.45) is 3.48. The zero-order valence-corrected chi connectivity index (χ0v) is 13.2. The number of hydrogen-bond donors (Lipinski definition) is 2. The number of amides is 1. The molecule has 0 spiro atoms. The number of nitrogens with one attached hydrogen (secondary N) is 2. The number of rotatable bonds is 3. The number of hydrogen-bond acceptors (Lipinski definition) is 4. The Kier molecular flexibility index (Phi) is 4.35. The molecule has 2 saturated heterocycles. The minimum Gasteiger partial charge on any atom is -0.325 e. The first-order valence-electron chi connectivity index (χ1n) is 7.71. The number of benzene rings is 1. The number of carbonyl (C=O) groups excluding carboxylic acids is 1. The summed E-state index contributed by atoms with van der Waals surface area (Å²) in [4.78, 5) is 12.0. The molecule has 0 bridgehead atoms. The van der Waals surface area contributed by atoms with Crippen molar-refractivity contribution in [3.63, 3.8) is 0 Å². The maximum absolute atomic E-state index is 12.1. The van der Waals surface area contributed by atoms with Crippen LogP contribution in [0.2, 0.25) is 0 Å². The molecule has 0 saturated carbocycles. The molecule has 1 aromatic carbocycles. The van der Waals surface area contributed by atoms with E-state index in [1.54, 1.807) is 24.3 Å². The lowest BCUT2D eigenvalue weighted by Gasteiger charge is -2.28. The smallest absolute Gasteiger partial charge is 0.241 e. The Labute approximate surface area is 130 Å². The van der Waals surface area contributed by atoms with Crippen LogP contribution in [-0.2, 0) is 14.8 Å². The molecule has 3 rings (SSSR count). The maximum atomic E-state index is 12.1. The van der Waals surface area contributed by atoms with Crippen LogP contribution in [0, 0.1) is 0 Å². The standard InChI is InChI=1S/C15H21N3O3S/c19-15(14-4-3-9-16-14)17-12-5-7-13(8-6-12)18-10-1-2-11-22(18,20)21/h5-8,14,16H,1-4,9-11H2,(H,17,19)/t14-/m0/s1. The van der Waals surface area contributed by atoms with Crippen LogP contribution >= 0.6 is 0 Å². The molecule has 0 aliphatic carbocycles. The first-order valence-corrected chi connectivity index (χ1v) is 9.32. The normalized spacial score (nSPS) is 24.2. The molecule has 1 atom stereocenters. The summed E-state index contributed by atoms with van der Waals surface area (Å²) in [6, 6.07) is 6.89. The molecule has 1 amide bonds. The van der Waals surface area contributed by atoms with Crippen molar-refractivity contribution in [2.24, 2.45) is 0 Å². The Bertz CT molecular complexity index is 637. The van der Waals surface area contributed by atoms with Crippen molar-refractivity contribution in [2.75, 3.05) is 28.5 Å². The summed E-state index contributed by atoms with van der Waals surface area (Å²) in [5.74, 6) is 0.176. The predicted molar refractivity (Wildman–Crippen MR) is 86.5 cm³/mol. The van der Waals surface area contributed by atoms with Gasteiger partial charge < -0.3 is 10.6 Å². The fraction of sp³-hybridized carbons (Fsp3) is 0.533. The molecule has 6 nitrogen and oxygen atoms in total. The third-order valence-corrected chi connectivity index (χ3v) is 6.02. The third-order valence-electron chi connectivity index (χ3n) is 4.15. The van der Waals surface area contributed by atoms with Crippen LogP contribution in [0.15, 0.2) is 24.3 Å². The second kappa shape index (κ2) is 6.26. The van der Waals surface area contributed by atoms with E-state index in [-0.39, 0.29) is 17.7 Å². The van der Waals surface area contributed by atoms with E-state index < -0.39 is 10.0 Å². The van der Waals surface area contributed by atoms with Crippen molar-refractivity contribution < 1.29 is 13.2 Å². The summed E-state index contributed by atoms with van der Waals surface area (Å²) in [6.45, 7) is 1.41. The van der Waals surface area contributed by atoms with Crippen LogP contribution in [0.4, 0.5) is 11.4 Å². The minimum absolute atomic E-state index is 0.0316. The predicted octanol–water partition coefficient (Wildman–Crippen LogP) is 1.31. The van der Waals surface area contributed by atoms with Crippen LogP contribution < -0.4 is 14.9 Å². The van der Waals surface area contributed by atoms with Gasteiger partial charge in [-0.25, -0.2) is 8.42 Å². The summed E-state index contributed by atoms with van der Waals surface area (Å²) in [5.41, 5.74) is 1.36. The quantitative estimate of drug-likeness (QED) is 0.879. The Balaban J connectivity index is 1.68. The average Bonchev–Trinajstić information content (AvgIpc) is 3.02. The largest absolute Gasteiger partial charge is 0.325 e. The van der Waals surface area contributed by atoms with Gasteiger partial charge in [0.15, 0.2) is 0 Å². The van der Waals surface area contributed by atoms with Gasteiger partial charge in [0.2, 0.25) is 15.9 Å². The van der Waals surface area contributed by atoms with Gasteiger partial charge in [-0.2, -0.15) is 0 Å². The monoisotopic (exact) mass is 323 g/mol. The van der Waals surface area contributed by atoms with Crippen LogP contribution in [-0.4, -0.2) is 39.2 Å². The summed E-state index contributed by atoms with van der Waals surface area (Å²) in [7, 11) is -3.19. The number of anilines is 2. The molecule has 2 heterocycles. The highest BCUT2D eigenvalue weighted by molar-refractivity contribution is 7.92. The maximum Gasteiger partial charge on any atom is 0.241 e. The van der Waals surface area contributed by atoms with Gasteiger partial charge in [-0.15, -0.1) is 0 Å². The second-order valence-electron chi connectivity index (χ2n) is 5.78. The molecule has 0 radical (unpaired) electrons. The molecule has 120 valence electrons. The molecule has 2 fully saturated rings. The zero-order chi connectivity index (χ0) is 15.6. The molecule has 2 aliphatic heterocycles. The Morgan fingerprint density at radius 2 is 1.95 bits per heavy atom. The molecule has 2 aliphatic rings. The van der Waals surface area contributed by atoms with Crippen molar-refractivity contribution >= 4 is 27.3 Å².